The van der Waals surface area contributed by atoms with E-state index in [-0.39, 0.29) is 13.2 Å². The van der Waals surface area contributed by atoms with Crippen molar-refractivity contribution >= 4 is 5.69 Å². The Hall–Kier alpha value is -2.28. The maximum absolute atomic E-state index is 9.04. The molecule has 0 fully saturated rings. The van der Waals surface area contributed by atoms with Crippen LogP contribution in [0.2, 0.25) is 0 Å². The summed E-state index contributed by atoms with van der Waals surface area (Å²) in [4.78, 5) is 0. The second kappa shape index (κ2) is 5.87. The van der Waals surface area contributed by atoms with Crippen LogP contribution in [-0.4, -0.2) is 15.8 Å². The number of aliphatic hydroxyl groups excluding tert-OH is 2. The van der Waals surface area contributed by atoms with Gasteiger partial charge in [0.05, 0.1) is 18.9 Å². The first-order valence-electron chi connectivity index (χ1n) is 5.17. The fourth-order valence-electron chi connectivity index (χ4n) is 1.21. The zero-order valence-electron chi connectivity index (χ0n) is 9.83. The Bertz CT molecular complexity index is 504. The lowest BCUT2D eigenvalue weighted by Crippen LogP contribution is -2.14. The van der Waals surface area contributed by atoms with Crippen molar-refractivity contribution in [1.82, 2.24) is 0 Å². The molecule has 0 bridgehead atoms. The Balaban J connectivity index is 3.09. The van der Waals surface area contributed by atoms with E-state index in [0.717, 1.165) is 0 Å². The normalized spacial score (nSPS) is 11.2. The molecule has 1 aromatic carbocycles. The predicted molar refractivity (Wildman–Crippen MR) is 62.4 cm³/mol. The quantitative estimate of drug-likeness (QED) is 0.782. The van der Waals surface area contributed by atoms with E-state index in [4.69, 9.17) is 20.7 Å². The summed E-state index contributed by atoms with van der Waals surface area (Å²) in [6.45, 7) is 0.966. The molecule has 0 spiro atoms. The summed E-state index contributed by atoms with van der Waals surface area (Å²) in [5.41, 5.74) is -0.00577. The SMILES string of the molecule is CC(C#N)(C#N)N=Nc1cc(CO)cc(CO)c1. The number of azo groups is 1. The lowest BCUT2D eigenvalue weighted by atomic mass is 10.1. The molecule has 0 saturated heterocycles. The fraction of sp³-hybridized carbons (Fsp3) is 0.333. The van der Waals surface area contributed by atoms with Crippen molar-refractivity contribution in [3.8, 4) is 12.1 Å². The van der Waals surface area contributed by atoms with Gasteiger partial charge < -0.3 is 10.2 Å². The molecule has 6 nitrogen and oxygen atoms in total. The van der Waals surface area contributed by atoms with Crippen LogP contribution in [0.5, 0.6) is 0 Å². The molecule has 1 rings (SSSR count). The molecule has 0 radical (unpaired) electrons. The van der Waals surface area contributed by atoms with E-state index in [0.29, 0.717) is 16.8 Å². The van der Waals surface area contributed by atoms with E-state index in [1.54, 1.807) is 30.3 Å². The number of nitrogens with zero attached hydrogens (tertiary/aromatic N) is 4. The van der Waals surface area contributed by atoms with Crippen LogP contribution in [0.3, 0.4) is 0 Å². The van der Waals surface area contributed by atoms with Gasteiger partial charge in [-0.2, -0.15) is 20.8 Å². The zero-order valence-corrected chi connectivity index (χ0v) is 9.83. The Morgan fingerprint density at radius 3 is 2.00 bits per heavy atom. The first-order chi connectivity index (χ1) is 8.56. The Labute approximate surface area is 104 Å². The van der Waals surface area contributed by atoms with Gasteiger partial charge >= 0.3 is 0 Å². The summed E-state index contributed by atoms with van der Waals surface area (Å²) >= 11 is 0. The van der Waals surface area contributed by atoms with Gasteiger partial charge in [-0.3, -0.25) is 0 Å². The van der Waals surface area contributed by atoms with E-state index >= 15 is 0 Å². The minimum atomic E-state index is -1.53. The molecule has 0 unspecified atom stereocenters. The minimum Gasteiger partial charge on any atom is -0.392 e. The number of rotatable bonds is 4. The number of nitriles is 2. The van der Waals surface area contributed by atoms with Crippen molar-refractivity contribution in [2.75, 3.05) is 0 Å². The van der Waals surface area contributed by atoms with Crippen LogP contribution in [0.25, 0.3) is 0 Å². The Morgan fingerprint density at radius 1 is 1.11 bits per heavy atom. The van der Waals surface area contributed by atoms with Gasteiger partial charge in [0.2, 0.25) is 5.54 Å². The van der Waals surface area contributed by atoms with Gasteiger partial charge in [-0.1, -0.05) is 6.07 Å². The predicted octanol–water partition coefficient (Wildman–Crippen LogP) is 1.56. The highest BCUT2D eigenvalue weighted by Gasteiger charge is 2.21. The topological polar surface area (TPSA) is 113 Å². The number of benzene rings is 1. The van der Waals surface area contributed by atoms with Crippen LogP contribution < -0.4 is 0 Å². The molecule has 0 aliphatic rings. The molecule has 0 aliphatic heterocycles. The molecule has 0 atom stereocenters. The molecule has 92 valence electrons. The van der Waals surface area contributed by atoms with E-state index in [9.17, 15) is 0 Å². The lowest BCUT2D eigenvalue weighted by Gasteiger charge is -2.05. The lowest BCUT2D eigenvalue weighted by molar-refractivity contribution is 0.275. The maximum atomic E-state index is 9.04. The summed E-state index contributed by atoms with van der Waals surface area (Å²) in [5.74, 6) is 0. The van der Waals surface area contributed by atoms with Crippen molar-refractivity contribution in [3.63, 3.8) is 0 Å². The Kier molecular flexibility index (Phi) is 4.50. The standard InChI is InChI=1S/C12H12N4O2/c1-12(7-13,8-14)16-15-11-3-9(5-17)2-10(4-11)6-18/h2-4,17-18H,5-6H2,1H3. The monoisotopic (exact) mass is 244 g/mol. The molecule has 0 saturated carbocycles. The Morgan fingerprint density at radius 2 is 1.61 bits per heavy atom. The van der Waals surface area contributed by atoms with E-state index in [1.807, 2.05) is 0 Å². The van der Waals surface area contributed by atoms with Gasteiger partial charge in [-0.25, -0.2) is 0 Å². The summed E-state index contributed by atoms with van der Waals surface area (Å²) in [5, 5.41) is 43.1. The maximum Gasteiger partial charge on any atom is 0.249 e. The molecule has 0 aromatic heterocycles. The van der Waals surface area contributed by atoms with Crippen molar-refractivity contribution in [2.45, 2.75) is 25.7 Å². The molecule has 1 aromatic rings. The van der Waals surface area contributed by atoms with Crippen molar-refractivity contribution in [2.24, 2.45) is 10.2 Å². The smallest absolute Gasteiger partial charge is 0.249 e. The first kappa shape index (κ1) is 13.8. The second-order valence-electron chi connectivity index (χ2n) is 3.82. The number of hydrogen-bond donors (Lipinski definition) is 2. The summed E-state index contributed by atoms with van der Waals surface area (Å²) in [7, 11) is 0. The number of aliphatic hydroxyl groups is 2. The van der Waals surface area contributed by atoms with Crippen LogP contribution in [0.15, 0.2) is 28.4 Å². The highest BCUT2D eigenvalue weighted by molar-refractivity contribution is 5.43. The van der Waals surface area contributed by atoms with Crippen molar-refractivity contribution in [1.29, 1.82) is 10.5 Å². The molecule has 0 heterocycles. The highest BCUT2D eigenvalue weighted by atomic mass is 16.3. The fourth-order valence-corrected chi connectivity index (χ4v) is 1.21. The van der Waals surface area contributed by atoms with Crippen molar-refractivity contribution in [3.05, 3.63) is 29.3 Å². The highest BCUT2D eigenvalue weighted by Crippen LogP contribution is 2.20. The van der Waals surface area contributed by atoms with Gasteiger partial charge in [0.25, 0.3) is 0 Å². The third kappa shape index (κ3) is 3.36. The third-order valence-corrected chi connectivity index (χ3v) is 2.20. The van der Waals surface area contributed by atoms with Gasteiger partial charge in [0.1, 0.15) is 12.1 Å². The zero-order chi connectivity index (χ0) is 13.6. The average Bonchev–Trinajstić information content (AvgIpc) is 2.44. The summed E-state index contributed by atoms with van der Waals surface area (Å²) in [6, 6.07) is 8.24. The molecule has 0 aliphatic carbocycles. The van der Waals surface area contributed by atoms with E-state index < -0.39 is 5.54 Å². The first-order valence-corrected chi connectivity index (χ1v) is 5.17. The molecule has 0 amide bonds. The molecule has 6 heteroatoms. The number of hydrogen-bond acceptors (Lipinski definition) is 6. The molecular formula is C12H12N4O2. The average molecular weight is 244 g/mol. The van der Waals surface area contributed by atoms with Crippen LogP contribution in [-0.2, 0) is 13.2 Å². The van der Waals surface area contributed by atoms with Crippen molar-refractivity contribution < 1.29 is 10.2 Å². The second-order valence-corrected chi connectivity index (χ2v) is 3.82. The third-order valence-electron chi connectivity index (χ3n) is 2.20. The van der Waals surface area contributed by atoms with E-state index in [2.05, 4.69) is 10.2 Å². The molecule has 18 heavy (non-hydrogen) atoms. The van der Waals surface area contributed by atoms with Gasteiger partial charge in [-0.05, 0) is 30.2 Å². The summed E-state index contributed by atoms with van der Waals surface area (Å²) in [6.07, 6.45) is 0. The van der Waals surface area contributed by atoms with Crippen LogP contribution in [0, 0.1) is 22.7 Å². The van der Waals surface area contributed by atoms with Gasteiger partial charge in [0.15, 0.2) is 0 Å². The molecule has 2 N–H and O–H groups in total. The van der Waals surface area contributed by atoms with E-state index in [1.165, 1.54) is 6.92 Å². The van der Waals surface area contributed by atoms with Crippen LogP contribution in [0.1, 0.15) is 18.1 Å². The van der Waals surface area contributed by atoms with Gasteiger partial charge in [0, 0.05) is 0 Å². The molecular weight excluding hydrogens is 232 g/mol. The minimum absolute atomic E-state index is 0.190. The largest absolute Gasteiger partial charge is 0.392 e. The van der Waals surface area contributed by atoms with Crippen LogP contribution in [0.4, 0.5) is 5.69 Å². The van der Waals surface area contributed by atoms with Crippen LogP contribution >= 0.6 is 0 Å². The summed E-state index contributed by atoms with van der Waals surface area (Å²) < 4.78 is 0. The van der Waals surface area contributed by atoms with Gasteiger partial charge in [-0.15, -0.1) is 0 Å².